The number of aliphatic imine (C=N–C) groups is 1. The van der Waals surface area contributed by atoms with Gasteiger partial charge in [0.15, 0.2) is 6.23 Å². The minimum Gasteiger partial charge on any atom is -0.493 e. The molecule has 2 aromatic rings. The molecule has 16 heteroatoms. The van der Waals surface area contributed by atoms with E-state index in [1.807, 2.05) is 27.7 Å². The fraction of sp³-hybridized carbons (Fsp3) is 0.409. The molecule has 221 valence electrons. The van der Waals surface area contributed by atoms with Gasteiger partial charge in [-0.3, -0.25) is 0 Å². The van der Waals surface area contributed by atoms with Crippen molar-refractivity contribution in [2.45, 2.75) is 58.6 Å². The van der Waals surface area contributed by atoms with Crippen LogP contribution < -0.4 is 0 Å². The molecule has 0 saturated carbocycles. The SMILES string of the molecule is CC.CC.O/C(=N\C(O)c1cc(C(F)(F)F)cc(C(F)(F)F)c1)c1cc(C(F)(F)F)cc(C(F)(F)F)c1.[Cu]. The molecule has 0 fully saturated rings. The van der Waals surface area contributed by atoms with Crippen LogP contribution in [0.2, 0.25) is 0 Å². The summed E-state index contributed by atoms with van der Waals surface area (Å²) in [5.41, 5.74) is -9.96. The first kappa shape index (κ1) is 37.7. The maximum absolute atomic E-state index is 12.9. The van der Waals surface area contributed by atoms with Gasteiger partial charge in [0, 0.05) is 28.2 Å². The van der Waals surface area contributed by atoms with Crippen molar-refractivity contribution in [3.05, 3.63) is 69.8 Å². The molecule has 0 aliphatic rings. The van der Waals surface area contributed by atoms with Crippen LogP contribution in [0.25, 0.3) is 0 Å². The van der Waals surface area contributed by atoms with Crippen molar-refractivity contribution in [3.8, 4) is 0 Å². The van der Waals surface area contributed by atoms with E-state index in [1.54, 1.807) is 0 Å². The Morgan fingerprint density at radius 3 is 1.11 bits per heavy atom. The van der Waals surface area contributed by atoms with E-state index < -0.39 is 70.2 Å². The molecule has 1 unspecified atom stereocenters. The van der Waals surface area contributed by atoms with Gasteiger partial charge in [-0.25, -0.2) is 4.99 Å². The number of aliphatic hydroxyl groups is 2. The fourth-order valence-corrected chi connectivity index (χ4v) is 2.48. The van der Waals surface area contributed by atoms with Gasteiger partial charge in [0.05, 0.1) is 22.3 Å². The molecule has 0 amide bonds. The van der Waals surface area contributed by atoms with E-state index in [4.69, 9.17) is 0 Å². The van der Waals surface area contributed by atoms with E-state index in [9.17, 15) is 62.9 Å². The van der Waals surface area contributed by atoms with Gasteiger partial charge in [0.1, 0.15) is 0 Å². The van der Waals surface area contributed by atoms with E-state index in [-0.39, 0.29) is 53.5 Å². The molecule has 0 bridgehead atoms. The zero-order chi connectivity index (χ0) is 29.6. The van der Waals surface area contributed by atoms with Gasteiger partial charge < -0.3 is 10.2 Å². The first-order valence-electron chi connectivity index (χ1n) is 10.2. The zero-order valence-electron chi connectivity index (χ0n) is 19.7. The third-order valence-corrected chi connectivity index (χ3v) is 4.00. The Balaban J connectivity index is 0. The molecule has 0 aliphatic heterocycles. The molecule has 3 nitrogen and oxygen atoms in total. The van der Waals surface area contributed by atoms with E-state index in [1.165, 1.54) is 0 Å². The molecule has 38 heavy (non-hydrogen) atoms. The Morgan fingerprint density at radius 1 is 0.579 bits per heavy atom. The molecular formula is C22H21CuF12NO2. The Morgan fingerprint density at radius 2 is 0.842 bits per heavy atom. The van der Waals surface area contributed by atoms with Crippen LogP contribution in [0.15, 0.2) is 41.4 Å². The summed E-state index contributed by atoms with van der Waals surface area (Å²) in [7, 11) is 0. The number of benzene rings is 2. The van der Waals surface area contributed by atoms with Crippen LogP contribution in [0.5, 0.6) is 0 Å². The van der Waals surface area contributed by atoms with Crippen LogP contribution in [-0.2, 0) is 41.8 Å². The normalized spacial score (nSPS) is 13.3. The quantitative estimate of drug-likeness (QED) is 0.156. The summed E-state index contributed by atoms with van der Waals surface area (Å²) in [5, 5.41) is 19.7. The average molecular weight is 623 g/mol. The molecule has 1 atom stereocenters. The van der Waals surface area contributed by atoms with Gasteiger partial charge in [-0.05, 0) is 36.4 Å². The molecule has 0 spiro atoms. The first-order chi connectivity index (χ1) is 16.7. The molecular weight excluding hydrogens is 602 g/mol. The molecule has 1 radical (unpaired) electrons. The largest absolute Gasteiger partial charge is 0.493 e. The number of aliphatic hydroxyl groups excluding tert-OH is 2. The van der Waals surface area contributed by atoms with Crippen molar-refractivity contribution < 1.29 is 80.0 Å². The number of alkyl halides is 12. The smallest absolute Gasteiger partial charge is 0.416 e. The van der Waals surface area contributed by atoms with E-state index in [0.717, 1.165) is 0 Å². The van der Waals surface area contributed by atoms with Gasteiger partial charge >= 0.3 is 24.7 Å². The van der Waals surface area contributed by atoms with Crippen LogP contribution in [0.4, 0.5) is 52.7 Å². The molecule has 0 aliphatic carbocycles. The minimum absolute atomic E-state index is 0. The standard InChI is InChI=1S/C18H9F12NO2.2C2H6.Cu/c19-15(20,21)9-1-7(2-10(5-9)16(22,23)24)13(32)31-14(33)8-3-11(17(25,26)27)6-12(4-8)18(28,29)30;2*1-2;/h1-6,13,32H,(H,31,33);2*1-2H3;. The van der Waals surface area contributed by atoms with Crippen molar-refractivity contribution in [3.63, 3.8) is 0 Å². The van der Waals surface area contributed by atoms with Gasteiger partial charge in [0.25, 0.3) is 0 Å². The van der Waals surface area contributed by atoms with E-state index in [2.05, 4.69) is 4.99 Å². The summed E-state index contributed by atoms with van der Waals surface area (Å²) >= 11 is 0. The van der Waals surface area contributed by atoms with Crippen LogP contribution in [-0.4, -0.2) is 16.1 Å². The van der Waals surface area contributed by atoms with Crippen molar-refractivity contribution in [1.82, 2.24) is 0 Å². The molecule has 2 aromatic carbocycles. The van der Waals surface area contributed by atoms with Crippen molar-refractivity contribution in [2.75, 3.05) is 0 Å². The van der Waals surface area contributed by atoms with Crippen molar-refractivity contribution >= 4 is 5.90 Å². The summed E-state index contributed by atoms with van der Waals surface area (Å²) < 4.78 is 155. The van der Waals surface area contributed by atoms with Crippen LogP contribution >= 0.6 is 0 Å². The Hall–Kier alpha value is -2.45. The minimum atomic E-state index is -5.32. The number of rotatable bonds is 3. The summed E-state index contributed by atoms with van der Waals surface area (Å²) in [6.45, 7) is 8.00. The maximum Gasteiger partial charge on any atom is 0.416 e. The maximum atomic E-state index is 12.9. The summed E-state index contributed by atoms with van der Waals surface area (Å²) in [4.78, 5) is 2.87. The zero-order valence-corrected chi connectivity index (χ0v) is 20.7. The molecule has 0 saturated heterocycles. The van der Waals surface area contributed by atoms with Gasteiger partial charge in [-0.1, -0.05) is 27.7 Å². The van der Waals surface area contributed by atoms with Gasteiger partial charge in [-0.2, -0.15) is 52.7 Å². The van der Waals surface area contributed by atoms with Crippen LogP contribution in [0.1, 0.15) is 67.3 Å². The topological polar surface area (TPSA) is 52.8 Å². The number of hydrogen-bond acceptors (Lipinski definition) is 2. The Kier molecular flexibility index (Phi) is 14.0. The van der Waals surface area contributed by atoms with Gasteiger partial charge in [0.2, 0.25) is 5.90 Å². The molecule has 0 heterocycles. The predicted molar refractivity (Wildman–Crippen MR) is 110 cm³/mol. The van der Waals surface area contributed by atoms with Crippen LogP contribution in [0, 0.1) is 0 Å². The average Bonchev–Trinajstić information content (AvgIpc) is 2.78. The molecule has 2 rings (SSSR count). The second-order valence-electron chi connectivity index (χ2n) is 6.46. The fourth-order valence-electron chi connectivity index (χ4n) is 2.48. The second kappa shape index (κ2) is 14.1. The number of nitrogens with zero attached hydrogens (tertiary/aromatic N) is 1. The first-order valence-corrected chi connectivity index (χ1v) is 10.2. The second-order valence-corrected chi connectivity index (χ2v) is 6.46. The third-order valence-electron chi connectivity index (χ3n) is 4.00. The molecule has 0 aromatic heterocycles. The third kappa shape index (κ3) is 10.7. The van der Waals surface area contributed by atoms with Crippen molar-refractivity contribution in [2.24, 2.45) is 4.99 Å². The predicted octanol–water partition coefficient (Wildman–Crippen LogP) is 8.81. The summed E-state index contributed by atoms with van der Waals surface area (Å²) in [5.74, 6) is -1.70. The summed E-state index contributed by atoms with van der Waals surface area (Å²) in [6.07, 6.45) is -24.0. The van der Waals surface area contributed by atoms with Crippen LogP contribution in [0.3, 0.4) is 0 Å². The van der Waals surface area contributed by atoms with Crippen molar-refractivity contribution in [1.29, 1.82) is 0 Å². The monoisotopic (exact) mass is 622 g/mol. The van der Waals surface area contributed by atoms with E-state index in [0.29, 0.717) is 0 Å². The summed E-state index contributed by atoms with van der Waals surface area (Å²) in [6, 6.07) is -0.562. The Labute approximate surface area is 219 Å². The number of halogens is 12. The van der Waals surface area contributed by atoms with Gasteiger partial charge in [-0.15, -0.1) is 0 Å². The van der Waals surface area contributed by atoms with E-state index >= 15 is 0 Å². The Bertz CT molecular complexity index is 994. The number of hydrogen-bond donors (Lipinski definition) is 2. The molecule has 2 N–H and O–H groups in total.